The number of hydrogen-bond donors (Lipinski definition) is 2. The van der Waals surface area contributed by atoms with Gasteiger partial charge in [-0.15, -0.1) is 0 Å². The molecule has 1 aromatic carbocycles. The van der Waals surface area contributed by atoms with Gasteiger partial charge in [-0.3, -0.25) is 4.79 Å². The summed E-state index contributed by atoms with van der Waals surface area (Å²) in [5.41, 5.74) is 0.275. The number of nitrogens with zero attached hydrogens (tertiary/aromatic N) is 2. The van der Waals surface area contributed by atoms with Crippen molar-refractivity contribution in [3.63, 3.8) is 0 Å². The number of likely N-dealkylation sites (N-methyl/N-ethyl adjacent to an activating group) is 1. The first kappa shape index (κ1) is 16.1. The first-order chi connectivity index (χ1) is 10.5. The predicted molar refractivity (Wildman–Crippen MR) is 78.8 cm³/mol. The Hall–Kier alpha value is -2.25. The van der Waals surface area contributed by atoms with E-state index in [1.165, 1.54) is 12.1 Å². The zero-order chi connectivity index (χ0) is 16.1. The van der Waals surface area contributed by atoms with E-state index in [-0.39, 0.29) is 23.6 Å². The Bertz CT molecular complexity index is 642. The van der Waals surface area contributed by atoms with E-state index in [2.05, 4.69) is 10.5 Å². The Labute approximate surface area is 127 Å². The molecular weight excluding hydrogens is 289 g/mol. The first-order valence-electron chi connectivity index (χ1n) is 6.80. The number of aromatic nitrogens is 1. The van der Waals surface area contributed by atoms with Crippen LogP contribution in [0.3, 0.4) is 0 Å². The summed E-state index contributed by atoms with van der Waals surface area (Å²) in [4.78, 5) is 13.7. The molecule has 1 aromatic heterocycles. The molecule has 1 amide bonds. The average Bonchev–Trinajstić information content (AvgIpc) is 2.94. The lowest BCUT2D eigenvalue weighted by atomic mass is 10.1. The standard InChI is InChI=1S/C15H18FN3O3/c1-19(2)9-10(20)8-17-15(21)13-7-14(22-18-13)11-5-3-4-6-12(11)16/h3-7,10,20H,8-9H2,1-2H3,(H,17,21). The SMILES string of the molecule is CN(C)CC(O)CNC(=O)c1cc(-c2ccccc2F)on1. The molecule has 0 saturated heterocycles. The van der Waals surface area contributed by atoms with Crippen LogP contribution in [0.2, 0.25) is 0 Å². The van der Waals surface area contributed by atoms with Crippen LogP contribution in [0.25, 0.3) is 11.3 Å². The fraction of sp³-hybridized carbons (Fsp3) is 0.333. The maximum Gasteiger partial charge on any atom is 0.273 e. The lowest BCUT2D eigenvalue weighted by Gasteiger charge is -2.15. The minimum atomic E-state index is -0.683. The van der Waals surface area contributed by atoms with E-state index in [4.69, 9.17) is 4.52 Å². The smallest absolute Gasteiger partial charge is 0.273 e. The Morgan fingerprint density at radius 2 is 2.18 bits per heavy atom. The Morgan fingerprint density at radius 3 is 2.86 bits per heavy atom. The molecule has 1 heterocycles. The van der Waals surface area contributed by atoms with Gasteiger partial charge in [0.1, 0.15) is 5.82 Å². The van der Waals surface area contributed by atoms with E-state index >= 15 is 0 Å². The van der Waals surface area contributed by atoms with Crippen molar-refractivity contribution in [2.45, 2.75) is 6.10 Å². The fourth-order valence-corrected chi connectivity index (χ4v) is 1.96. The molecule has 0 saturated carbocycles. The molecule has 0 radical (unpaired) electrons. The monoisotopic (exact) mass is 307 g/mol. The largest absolute Gasteiger partial charge is 0.390 e. The molecule has 1 atom stereocenters. The van der Waals surface area contributed by atoms with Gasteiger partial charge in [-0.05, 0) is 26.2 Å². The quantitative estimate of drug-likeness (QED) is 0.836. The number of aliphatic hydroxyl groups is 1. The van der Waals surface area contributed by atoms with Crippen LogP contribution in [0.1, 0.15) is 10.5 Å². The number of benzene rings is 1. The summed E-state index contributed by atoms with van der Waals surface area (Å²) in [5.74, 6) is -0.756. The molecule has 7 heteroatoms. The molecule has 0 fully saturated rings. The van der Waals surface area contributed by atoms with Crippen LogP contribution in [0, 0.1) is 5.82 Å². The number of aliphatic hydroxyl groups excluding tert-OH is 1. The Balaban J connectivity index is 1.99. The molecule has 2 N–H and O–H groups in total. The molecular formula is C15H18FN3O3. The van der Waals surface area contributed by atoms with Crippen molar-refractivity contribution < 1.29 is 18.8 Å². The van der Waals surface area contributed by atoms with Crippen molar-refractivity contribution in [1.82, 2.24) is 15.4 Å². The van der Waals surface area contributed by atoms with Gasteiger partial charge >= 0.3 is 0 Å². The predicted octanol–water partition coefficient (Wildman–Crippen LogP) is 1.13. The molecule has 118 valence electrons. The van der Waals surface area contributed by atoms with Crippen LogP contribution in [0.5, 0.6) is 0 Å². The van der Waals surface area contributed by atoms with E-state index in [1.54, 1.807) is 18.2 Å². The van der Waals surface area contributed by atoms with Crippen molar-refractivity contribution in [2.24, 2.45) is 0 Å². The minimum absolute atomic E-state index is 0.0373. The van der Waals surface area contributed by atoms with Crippen LogP contribution < -0.4 is 5.32 Å². The third-order valence-corrected chi connectivity index (χ3v) is 2.96. The summed E-state index contributed by atoms with van der Waals surface area (Å²) in [5, 5.41) is 15.9. The minimum Gasteiger partial charge on any atom is -0.390 e. The normalized spacial score (nSPS) is 12.4. The summed E-state index contributed by atoms with van der Waals surface area (Å²) >= 11 is 0. The van der Waals surface area contributed by atoms with Gasteiger partial charge < -0.3 is 19.8 Å². The molecule has 6 nitrogen and oxygen atoms in total. The number of carbonyl (C=O) groups excluding carboxylic acids is 1. The number of rotatable bonds is 6. The van der Waals surface area contributed by atoms with Gasteiger partial charge in [0.2, 0.25) is 0 Å². The first-order valence-corrected chi connectivity index (χ1v) is 6.80. The number of hydrogen-bond acceptors (Lipinski definition) is 5. The van der Waals surface area contributed by atoms with Gasteiger partial charge in [-0.2, -0.15) is 0 Å². The second-order valence-electron chi connectivity index (χ2n) is 5.18. The van der Waals surface area contributed by atoms with E-state index in [0.717, 1.165) is 0 Å². The fourth-order valence-electron chi connectivity index (χ4n) is 1.96. The molecule has 0 bridgehead atoms. The van der Waals surface area contributed by atoms with Crippen LogP contribution in [0.4, 0.5) is 4.39 Å². The van der Waals surface area contributed by atoms with Crippen molar-refractivity contribution in [1.29, 1.82) is 0 Å². The number of amides is 1. The van der Waals surface area contributed by atoms with Gasteiger partial charge in [0.15, 0.2) is 11.5 Å². The summed E-state index contributed by atoms with van der Waals surface area (Å²) in [6, 6.07) is 7.44. The third kappa shape index (κ3) is 4.12. The highest BCUT2D eigenvalue weighted by molar-refractivity contribution is 5.93. The molecule has 1 unspecified atom stereocenters. The van der Waals surface area contributed by atoms with Gasteiger partial charge in [-0.25, -0.2) is 4.39 Å². The molecule has 0 spiro atoms. The summed E-state index contributed by atoms with van der Waals surface area (Å²) in [7, 11) is 3.65. The molecule has 22 heavy (non-hydrogen) atoms. The van der Waals surface area contributed by atoms with Crippen LogP contribution in [-0.4, -0.2) is 54.4 Å². The molecule has 0 aliphatic rings. The van der Waals surface area contributed by atoms with Gasteiger partial charge in [0.05, 0.1) is 11.7 Å². The number of nitrogens with one attached hydrogen (secondary N) is 1. The van der Waals surface area contributed by atoms with E-state index in [9.17, 15) is 14.3 Å². The van der Waals surface area contributed by atoms with Gasteiger partial charge in [-0.1, -0.05) is 17.3 Å². The number of carbonyl (C=O) groups is 1. The third-order valence-electron chi connectivity index (χ3n) is 2.96. The molecule has 2 aromatic rings. The Morgan fingerprint density at radius 1 is 1.45 bits per heavy atom. The summed E-state index contributed by atoms with van der Waals surface area (Å²) in [6.45, 7) is 0.526. The van der Waals surface area contributed by atoms with Gasteiger partial charge in [0, 0.05) is 19.2 Å². The second kappa shape index (κ2) is 7.15. The highest BCUT2D eigenvalue weighted by atomic mass is 19.1. The van der Waals surface area contributed by atoms with Crippen LogP contribution in [0.15, 0.2) is 34.9 Å². The zero-order valence-corrected chi connectivity index (χ0v) is 12.4. The van der Waals surface area contributed by atoms with Crippen molar-refractivity contribution in [2.75, 3.05) is 27.2 Å². The van der Waals surface area contributed by atoms with Crippen LogP contribution in [-0.2, 0) is 0 Å². The average molecular weight is 307 g/mol. The molecule has 0 aliphatic carbocycles. The zero-order valence-electron chi connectivity index (χ0n) is 12.4. The topological polar surface area (TPSA) is 78.6 Å². The highest BCUT2D eigenvalue weighted by Crippen LogP contribution is 2.23. The van der Waals surface area contributed by atoms with Crippen LogP contribution >= 0.6 is 0 Å². The van der Waals surface area contributed by atoms with Gasteiger partial charge in [0.25, 0.3) is 5.91 Å². The lowest BCUT2D eigenvalue weighted by molar-refractivity contribution is 0.0884. The number of halogens is 1. The Kier molecular flexibility index (Phi) is 5.24. The van der Waals surface area contributed by atoms with E-state index < -0.39 is 17.8 Å². The summed E-state index contributed by atoms with van der Waals surface area (Å²) < 4.78 is 18.6. The van der Waals surface area contributed by atoms with Crippen molar-refractivity contribution >= 4 is 5.91 Å². The summed E-state index contributed by atoms with van der Waals surface area (Å²) in [6.07, 6.45) is -0.683. The lowest BCUT2D eigenvalue weighted by Crippen LogP contribution is -2.37. The van der Waals surface area contributed by atoms with E-state index in [1.807, 2.05) is 19.0 Å². The second-order valence-corrected chi connectivity index (χ2v) is 5.18. The van der Waals surface area contributed by atoms with Crippen molar-refractivity contribution in [3.8, 4) is 11.3 Å². The van der Waals surface area contributed by atoms with E-state index in [0.29, 0.717) is 6.54 Å². The maximum absolute atomic E-state index is 13.6. The highest BCUT2D eigenvalue weighted by Gasteiger charge is 2.16. The van der Waals surface area contributed by atoms with Crippen molar-refractivity contribution in [3.05, 3.63) is 41.8 Å². The molecule has 0 aliphatic heterocycles. The maximum atomic E-state index is 13.6. The molecule has 2 rings (SSSR count).